The third-order valence-corrected chi connectivity index (χ3v) is 6.31. The van der Waals surface area contributed by atoms with Gasteiger partial charge in [-0.25, -0.2) is 8.42 Å². The number of ether oxygens (including phenoxy) is 1. The highest BCUT2D eigenvalue weighted by atomic mass is 32.2. The number of hydrogen-bond acceptors (Lipinski definition) is 4. The predicted octanol–water partition coefficient (Wildman–Crippen LogP) is 3.70. The number of amides is 1. The van der Waals surface area contributed by atoms with E-state index in [9.17, 15) is 13.2 Å². The molecule has 7 heteroatoms. The summed E-state index contributed by atoms with van der Waals surface area (Å²) < 4.78 is 34.0. The van der Waals surface area contributed by atoms with Crippen LogP contribution in [0.15, 0.2) is 41.3 Å². The summed E-state index contributed by atoms with van der Waals surface area (Å²) in [4.78, 5) is 13.5. The van der Waals surface area contributed by atoms with E-state index in [-0.39, 0.29) is 16.2 Å². The molecule has 1 amide bonds. The molecule has 0 bridgehead atoms. The summed E-state index contributed by atoms with van der Waals surface area (Å²) in [6.45, 7) is 8.27. The summed E-state index contributed by atoms with van der Waals surface area (Å²) in [5.41, 5.74) is 2.90. The van der Waals surface area contributed by atoms with E-state index in [2.05, 4.69) is 25.5 Å². The van der Waals surface area contributed by atoms with Crippen molar-refractivity contribution in [3.8, 4) is 5.75 Å². The summed E-state index contributed by atoms with van der Waals surface area (Å²) in [6.07, 6.45) is 0.640. The molecule has 0 saturated carbocycles. The zero-order chi connectivity index (χ0) is 20.7. The van der Waals surface area contributed by atoms with Crippen molar-refractivity contribution >= 4 is 27.3 Å². The molecule has 0 unspecified atom stereocenters. The fourth-order valence-electron chi connectivity index (χ4n) is 3.33. The second-order valence-electron chi connectivity index (χ2n) is 7.98. The number of nitrogens with one attached hydrogen (secondary N) is 1. The molecule has 0 atom stereocenters. The molecule has 1 heterocycles. The molecule has 150 valence electrons. The second-order valence-corrected chi connectivity index (χ2v) is 9.66. The molecule has 0 aromatic heterocycles. The fraction of sp³-hybridized carbons (Fsp3) is 0.381. The number of methoxy groups -OCH3 is 1. The highest BCUT2D eigenvalue weighted by molar-refractivity contribution is 7.92. The Labute approximate surface area is 166 Å². The molecule has 3 rings (SSSR count). The van der Waals surface area contributed by atoms with Crippen LogP contribution < -0.4 is 14.4 Å². The first-order chi connectivity index (χ1) is 13.0. The molecule has 2 aromatic carbocycles. The van der Waals surface area contributed by atoms with E-state index in [1.807, 2.05) is 6.07 Å². The number of nitrogens with zero attached hydrogens (tertiary/aromatic N) is 1. The van der Waals surface area contributed by atoms with Crippen LogP contribution >= 0.6 is 0 Å². The lowest BCUT2D eigenvalue weighted by Gasteiger charge is -2.21. The smallest absolute Gasteiger partial charge is 0.262 e. The van der Waals surface area contributed by atoms with Crippen molar-refractivity contribution in [2.24, 2.45) is 0 Å². The first-order valence-electron chi connectivity index (χ1n) is 9.15. The Kier molecular flexibility index (Phi) is 5.14. The summed E-state index contributed by atoms with van der Waals surface area (Å²) in [7, 11) is -2.29. The van der Waals surface area contributed by atoms with Gasteiger partial charge in [0, 0.05) is 19.2 Å². The Morgan fingerprint density at radius 1 is 1.14 bits per heavy atom. The van der Waals surface area contributed by atoms with Gasteiger partial charge < -0.3 is 9.64 Å². The van der Waals surface area contributed by atoms with E-state index in [1.54, 1.807) is 29.2 Å². The third kappa shape index (κ3) is 3.85. The number of sulfonamides is 1. The van der Waals surface area contributed by atoms with Gasteiger partial charge in [0.15, 0.2) is 0 Å². The van der Waals surface area contributed by atoms with E-state index in [0.717, 1.165) is 16.8 Å². The minimum Gasteiger partial charge on any atom is -0.495 e. The largest absolute Gasteiger partial charge is 0.495 e. The first-order valence-corrected chi connectivity index (χ1v) is 10.6. The van der Waals surface area contributed by atoms with Crippen LogP contribution in [0, 0.1) is 0 Å². The number of fused-ring (bicyclic) bond motifs is 1. The molecular weight excluding hydrogens is 376 g/mol. The molecule has 28 heavy (non-hydrogen) atoms. The van der Waals surface area contributed by atoms with Crippen LogP contribution in [0.25, 0.3) is 0 Å². The molecule has 0 saturated heterocycles. The number of carbonyl (C=O) groups is 1. The lowest BCUT2D eigenvalue weighted by Crippen LogP contribution is -2.25. The predicted molar refractivity (Wildman–Crippen MR) is 111 cm³/mol. The van der Waals surface area contributed by atoms with Gasteiger partial charge in [-0.1, -0.05) is 26.8 Å². The third-order valence-electron chi connectivity index (χ3n) is 4.95. The van der Waals surface area contributed by atoms with Gasteiger partial charge in [-0.15, -0.1) is 0 Å². The monoisotopic (exact) mass is 402 g/mol. The topological polar surface area (TPSA) is 75.7 Å². The molecule has 6 nitrogen and oxygen atoms in total. The average molecular weight is 403 g/mol. The lowest BCUT2D eigenvalue weighted by atomic mass is 9.87. The number of carbonyl (C=O) groups excluding carboxylic acids is 1. The van der Waals surface area contributed by atoms with Crippen LogP contribution in [0.3, 0.4) is 0 Å². The molecule has 0 fully saturated rings. The summed E-state index contributed by atoms with van der Waals surface area (Å²) in [6, 6.07) is 10.4. The van der Waals surface area contributed by atoms with Crippen LogP contribution in [0.2, 0.25) is 0 Å². The van der Waals surface area contributed by atoms with Crippen LogP contribution in [0.1, 0.15) is 38.8 Å². The first kappa shape index (κ1) is 20.2. The maximum atomic E-state index is 13.0. The molecule has 2 aromatic rings. The maximum Gasteiger partial charge on any atom is 0.262 e. The Bertz CT molecular complexity index is 1020. The van der Waals surface area contributed by atoms with Crippen LogP contribution in [0.5, 0.6) is 5.75 Å². The summed E-state index contributed by atoms with van der Waals surface area (Å²) >= 11 is 0. The van der Waals surface area contributed by atoms with Crippen LogP contribution in [0.4, 0.5) is 11.4 Å². The standard InChI is InChI=1S/C21H26N2O4S/c1-14(24)23-11-10-15-12-17(7-8-19(15)23)28(25,26)22-18-13-16(21(2,3)4)6-9-20(18)27-5/h6-9,12-13,22H,10-11H2,1-5H3. The second kappa shape index (κ2) is 7.13. The Balaban J connectivity index is 1.96. The quantitative estimate of drug-likeness (QED) is 0.846. The fourth-order valence-corrected chi connectivity index (χ4v) is 4.44. The van der Waals surface area contributed by atoms with Crippen molar-refractivity contribution in [2.75, 3.05) is 23.3 Å². The van der Waals surface area contributed by atoms with E-state index in [1.165, 1.54) is 20.1 Å². The molecule has 1 N–H and O–H groups in total. The number of rotatable bonds is 4. The molecular formula is C21H26N2O4S. The molecule has 0 spiro atoms. The Morgan fingerprint density at radius 2 is 1.86 bits per heavy atom. The Morgan fingerprint density at radius 3 is 2.46 bits per heavy atom. The van der Waals surface area contributed by atoms with Gasteiger partial charge in [-0.2, -0.15) is 0 Å². The highest BCUT2D eigenvalue weighted by Crippen LogP contribution is 2.34. The van der Waals surface area contributed by atoms with Gasteiger partial charge >= 0.3 is 0 Å². The average Bonchev–Trinajstić information content (AvgIpc) is 3.04. The molecule has 0 aliphatic carbocycles. The van der Waals surface area contributed by atoms with Gasteiger partial charge in [0.05, 0.1) is 17.7 Å². The van der Waals surface area contributed by atoms with Crippen LogP contribution in [-0.4, -0.2) is 28.0 Å². The van der Waals surface area contributed by atoms with Gasteiger partial charge in [-0.3, -0.25) is 9.52 Å². The highest BCUT2D eigenvalue weighted by Gasteiger charge is 2.26. The zero-order valence-electron chi connectivity index (χ0n) is 16.9. The number of hydrogen-bond donors (Lipinski definition) is 1. The van der Waals surface area contributed by atoms with Crippen molar-refractivity contribution in [3.63, 3.8) is 0 Å². The minimum atomic E-state index is -3.80. The van der Waals surface area contributed by atoms with Crippen molar-refractivity contribution in [3.05, 3.63) is 47.5 Å². The van der Waals surface area contributed by atoms with Gasteiger partial charge in [0.25, 0.3) is 10.0 Å². The van der Waals surface area contributed by atoms with Crippen molar-refractivity contribution < 1.29 is 17.9 Å². The van der Waals surface area contributed by atoms with Crippen molar-refractivity contribution in [1.29, 1.82) is 0 Å². The van der Waals surface area contributed by atoms with Crippen molar-refractivity contribution in [2.45, 2.75) is 44.4 Å². The summed E-state index contributed by atoms with van der Waals surface area (Å²) in [5, 5.41) is 0. The number of anilines is 2. The maximum absolute atomic E-state index is 13.0. The van der Waals surface area contributed by atoms with Gasteiger partial charge in [0.1, 0.15) is 5.75 Å². The van der Waals surface area contributed by atoms with Gasteiger partial charge in [0.2, 0.25) is 5.91 Å². The normalized spacial score (nSPS) is 14.0. The minimum absolute atomic E-state index is 0.0452. The summed E-state index contributed by atoms with van der Waals surface area (Å²) in [5.74, 6) is 0.414. The molecule has 1 aliphatic rings. The zero-order valence-corrected chi connectivity index (χ0v) is 17.7. The SMILES string of the molecule is COc1ccc(C(C)(C)C)cc1NS(=O)(=O)c1ccc2c(c1)CCN2C(C)=O. The number of benzene rings is 2. The van der Waals surface area contributed by atoms with E-state index in [4.69, 9.17) is 4.74 Å². The van der Waals surface area contributed by atoms with E-state index in [0.29, 0.717) is 24.4 Å². The van der Waals surface area contributed by atoms with Crippen LogP contribution in [-0.2, 0) is 26.7 Å². The Hall–Kier alpha value is -2.54. The molecule has 0 radical (unpaired) electrons. The van der Waals surface area contributed by atoms with Crippen molar-refractivity contribution in [1.82, 2.24) is 0 Å². The molecule has 1 aliphatic heterocycles. The lowest BCUT2D eigenvalue weighted by molar-refractivity contribution is -0.116. The van der Waals surface area contributed by atoms with Gasteiger partial charge in [-0.05, 0) is 53.3 Å². The van der Waals surface area contributed by atoms with E-state index < -0.39 is 10.0 Å². The van der Waals surface area contributed by atoms with E-state index >= 15 is 0 Å².